The predicted octanol–water partition coefficient (Wildman–Crippen LogP) is 0.939. The van der Waals surface area contributed by atoms with Gasteiger partial charge in [0.2, 0.25) is 5.78 Å². The molecule has 176 valence electrons. The summed E-state index contributed by atoms with van der Waals surface area (Å²) in [6.07, 6.45) is 0.683. The van der Waals surface area contributed by atoms with Crippen LogP contribution in [0.2, 0.25) is 0 Å². The van der Waals surface area contributed by atoms with E-state index in [2.05, 4.69) is 20.9 Å². The van der Waals surface area contributed by atoms with Gasteiger partial charge in [0.1, 0.15) is 5.69 Å². The van der Waals surface area contributed by atoms with Crippen LogP contribution in [0, 0.1) is 13.8 Å². The van der Waals surface area contributed by atoms with E-state index < -0.39 is 29.5 Å². The van der Waals surface area contributed by atoms with Crippen molar-refractivity contribution in [3.8, 4) is 0 Å². The number of aromatic amines is 1. The third-order valence-corrected chi connectivity index (χ3v) is 6.32. The highest BCUT2D eigenvalue weighted by Crippen LogP contribution is 2.40. The molecule has 0 spiro atoms. The predicted molar refractivity (Wildman–Crippen MR) is 124 cm³/mol. The van der Waals surface area contributed by atoms with E-state index in [1.54, 1.807) is 26.0 Å². The summed E-state index contributed by atoms with van der Waals surface area (Å²) < 4.78 is 5.56. The first-order valence-electron chi connectivity index (χ1n) is 10.7. The van der Waals surface area contributed by atoms with E-state index in [9.17, 15) is 19.5 Å². The van der Waals surface area contributed by atoms with Gasteiger partial charge < -0.3 is 24.6 Å². The van der Waals surface area contributed by atoms with E-state index in [1.807, 2.05) is 26.2 Å². The molecule has 0 aliphatic carbocycles. The van der Waals surface area contributed by atoms with Crippen LogP contribution in [0.15, 0.2) is 34.3 Å². The minimum absolute atomic E-state index is 0.100. The van der Waals surface area contributed by atoms with Gasteiger partial charge in [-0.15, -0.1) is 0 Å². The fraction of sp³-hybridized carbons (Fsp3) is 0.375. The van der Waals surface area contributed by atoms with Crippen LogP contribution in [0.25, 0.3) is 5.76 Å². The van der Waals surface area contributed by atoms with Gasteiger partial charge in [0.15, 0.2) is 0 Å². The number of aromatic nitrogens is 1. The maximum absolute atomic E-state index is 13.7. The Morgan fingerprint density at radius 3 is 2.58 bits per heavy atom. The number of carbonyl (C=O) groups is 3. The number of ketones is 1. The van der Waals surface area contributed by atoms with Gasteiger partial charge in [0.25, 0.3) is 5.91 Å². The summed E-state index contributed by atoms with van der Waals surface area (Å²) in [6, 6.07) is 6.45. The molecule has 1 atom stereocenters. The molecule has 9 heteroatoms. The summed E-state index contributed by atoms with van der Waals surface area (Å²) in [6.45, 7) is 4.43. The number of Topliss-reactive ketones (excluding diaryl/α,β-unsaturated/α-hetero) is 1. The normalized spacial score (nSPS) is 17.8. The quantitative estimate of drug-likeness (QED) is 0.246. The van der Waals surface area contributed by atoms with E-state index in [-0.39, 0.29) is 16.8 Å². The Morgan fingerprint density at radius 2 is 1.97 bits per heavy atom. The number of ether oxygens (including phenoxy) is 1. The fourth-order valence-electron chi connectivity index (χ4n) is 4.26. The molecule has 1 saturated heterocycles. The molecule has 1 aromatic carbocycles. The van der Waals surface area contributed by atoms with Crippen molar-refractivity contribution in [1.29, 1.82) is 0 Å². The lowest BCUT2D eigenvalue weighted by Crippen LogP contribution is -3.05. The summed E-state index contributed by atoms with van der Waals surface area (Å²) in [5.41, 5.74) is 1.76. The lowest BCUT2D eigenvalue weighted by Gasteiger charge is -2.28. The molecule has 2 N–H and O–H groups in total. The van der Waals surface area contributed by atoms with Crippen LogP contribution < -0.4 is 10.0 Å². The van der Waals surface area contributed by atoms with Crippen molar-refractivity contribution < 1.29 is 29.1 Å². The van der Waals surface area contributed by atoms with Crippen LogP contribution in [0.1, 0.15) is 45.3 Å². The molecule has 1 aromatic heterocycles. The zero-order valence-corrected chi connectivity index (χ0v) is 21.0. The standard InChI is InChI=1S/C24H28BrN3O5/c1-13-17(14(2)26-19(13)24(32)33-5)21(29)18-20(15-8-6-9-16(25)12-15)28(23(31)22(18)30)11-7-10-27(3)4/h6,8-9,12,20,26,29H,7,10-11H2,1-5H3. The van der Waals surface area contributed by atoms with Crippen molar-refractivity contribution in [3.05, 3.63) is 62.4 Å². The molecule has 2 heterocycles. The number of methoxy groups -OCH3 is 1. The van der Waals surface area contributed by atoms with E-state index in [4.69, 9.17) is 4.74 Å². The number of halogens is 1. The smallest absolute Gasteiger partial charge is 0.354 e. The molecular weight excluding hydrogens is 490 g/mol. The molecule has 0 saturated carbocycles. The third-order valence-electron chi connectivity index (χ3n) is 5.82. The number of rotatable bonds is 7. The highest BCUT2D eigenvalue weighted by molar-refractivity contribution is 9.10. The Bertz CT molecular complexity index is 1140. The topological polar surface area (TPSA) is 107 Å². The molecule has 8 nitrogen and oxygen atoms in total. The number of quaternary nitrogens is 1. The minimum Gasteiger partial charge on any atom is -0.872 e. The van der Waals surface area contributed by atoms with Crippen molar-refractivity contribution >= 4 is 39.3 Å². The second kappa shape index (κ2) is 9.93. The van der Waals surface area contributed by atoms with Gasteiger partial charge in [-0.05, 0) is 42.7 Å². The molecule has 1 aliphatic heterocycles. The molecule has 1 unspecified atom stereocenters. The molecule has 1 aliphatic rings. The molecule has 2 aromatic rings. The van der Waals surface area contributed by atoms with Gasteiger partial charge in [-0.25, -0.2) is 4.79 Å². The van der Waals surface area contributed by atoms with E-state index in [0.717, 1.165) is 11.0 Å². The molecule has 1 amide bonds. The summed E-state index contributed by atoms with van der Waals surface area (Å²) in [5.74, 6) is -2.65. The van der Waals surface area contributed by atoms with Gasteiger partial charge in [-0.2, -0.15) is 0 Å². The highest BCUT2D eigenvalue weighted by Gasteiger charge is 2.44. The second-order valence-corrected chi connectivity index (χ2v) is 9.37. The highest BCUT2D eigenvalue weighted by atomic mass is 79.9. The number of benzene rings is 1. The van der Waals surface area contributed by atoms with Crippen molar-refractivity contribution in [1.82, 2.24) is 9.88 Å². The Labute approximate surface area is 201 Å². The zero-order valence-electron chi connectivity index (χ0n) is 19.4. The van der Waals surface area contributed by atoms with Gasteiger partial charge in [-0.1, -0.05) is 33.8 Å². The third kappa shape index (κ3) is 4.74. The van der Waals surface area contributed by atoms with Gasteiger partial charge in [-0.3, -0.25) is 9.59 Å². The Balaban J connectivity index is 2.18. The van der Waals surface area contributed by atoms with Crippen molar-refractivity contribution in [2.45, 2.75) is 26.3 Å². The van der Waals surface area contributed by atoms with Gasteiger partial charge in [0, 0.05) is 28.7 Å². The summed E-state index contributed by atoms with van der Waals surface area (Å²) >= 11 is 3.44. The van der Waals surface area contributed by atoms with Crippen molar-refractivity contribution in [3.63, 3.8) is 0 Å². The summed E-state index contributed by atoms with van der Waals surface area (Å²) in [4.78, 5) is 43.9. The van der Waals surface area contributed by atoms with Crippen LogP contribution in [0.4, 0.5) is 0 Å². The number of amides is 1. The summed E-state index contributed by atoms with van der Waals surface area (Å²) in [7, 11) is 5.28. The lowest BCUT2D eigenvalue weighted by atomic mass is 9.94. The first kappa shape index (κ1) is 24.7. The van der Waals surface area contributed by atoms with Gasteiger partial charge in [0.05, 0.1) is 33.8 Å². The zero-order chi connectivity index (χ0) is 24.4. The number of likely N-dealkylation sites (tertiary alicyclic amines) is 1. The van der Waals surface area contributed by atoms with Crippen LogP contribution in [0.5, 0.6) is 0 Å². The SMILES string of the molecule is COC(=O)c1[nH]c(C)c(C([O-])=C2C(=O)C(=O)N(CCC[NH+](C)C)C2c2cccc(Br)c2)c1C. The first-order chi connectivity index (χ1) is 15.6. The van der Waals surface area contributed by atoms with E-state index in [0.29, 0.717) is 29.8 Å². The number of hydrogen-bond donors (Lipinski definition) is 2. The van der Waals surface area contributed by atoms with E-state index in [1.165, 1.54) is 16.9 Å². The van der Waals surface area contributed by atoms with Crippen LogP contribution in [-0.4, -0.2) is 61.8 Å². The van der Waals surface area contributed by atoms with Crippen LogP contribution >= 0.6 is 15.9 Å². The number of nitrogens with zero attached hydrogens (tertiary/aromatic N) is 1. The van der Waals surface area contributed by atoms with Crippen molar-refractivity contribution in [2.75, 3.05) is 34.3 Å². The number of carbonyl (C=O) groups excluding carboxylic acids is 3. The Morgan fingerprint density at radius 1 is 1.27 bits per heavy atom. The average molecular weight is 518 g/mol. The maximum atomic E-state index is 13.7. The Hall–Kier alpha value is -2.91. The molecule has 3 rings (SSSR count). The fourth-order valence-corrected chi connectivity index (χ4v) is 4.68. The van der Waals surface area contributed by atoms with Crippen LogP contribution in [0.3, 0.4) is 0 Å². The Kier molecular flexibility index (Phi) is 7.44. The average Bonchev–Trinajstić information content (AvgIpc) is 3.20. The number of H-pyrrole nitrogens is 1. The maximum Gasteiger partial charge on any atom is 0.354 e. The number of hydrogen-bond acceptors (Lipinski definition) is 5. The molecular formula is C24H28BrN3O5. The second-order valence-electron chi connectivity index (χ2n) is 8.46. The monoisotopic (exact) mass is 517 g/mol. The molecule has 0 bridgehead atoms. The summed E-state index contributed by atoms with van der Waals surface area (Å²) in [5, 5.41) is 13.7. The largest absolute Gasteiger partial charge is 0.872 e. The molecule has 0 radical (unpaired) electrons. The van der Waals surface area contributed by atoms with E-state index >= 15 is 0 Å². The lowest BCUT2D eigenvalue weighted by molar-refractivity contribution is -0.858. The van der Waals surface area contributed by atoms with Gasteiger partial charge >= 0.3 is 5.97 Å². The first-order valence-corrected chi connectivity index (χ1v) is 11.5. The molecule has 1 fully saturated rings. The number of aryl methyl sites for hydroxylation is 1. The number of esters is 1. The van der Waals surface area contributed by atoms with Crippen LogP contribution in [-0.2, 0) is 14.3 Å². The number of nitrogens with one attached hydrogen (secondary N) is 2. The van der Waals surface area contributed by atoms with Crippen molar-refractivity contribution in [2.24, 2.45) is 0 Å². The minimum atomic E-state index is -0.804. The molecule has 33 heavy (non-hydrogen) atoms.